The lowest BCUT2D eigenvalue weighted by Crippen LogP contribution is -2.51. The van der Waals surface area contributed by atoms with Crippen LogP contribution < -0.4 is 20.5 Å². The number of allylic oxidation sites excluding steroid dienone is 4. The van der Waals surface area contributed by atoms with Gasteiger partial charge >= 0.3 is 17.7 Å². The number of phenolic OH excluding ortho intramolecular Hbond substituents is 1. The second-order valence-corrected chi connectivity index (χ2v) is 22.5. The highest BCUT2D eigenvalue weighted by Crippen LogP contribution is 2.50. The molecule has 20 nitrogen and oxygen atoms in total. The van der Waals surface area contributed by atoms with E-state index in [2.05, 4.69) is 10.2 Å². The number of aromatic nitrogens is 1. The summed E-state index contributed by atoms with van der Waals surface area (Å²) >= 11 is 0. The van der Waals surface area contributed by atoms with Crippen molar-refractivity contribution >= 4 is 46.4 Å². The third-order valence-electron chi connectivity index (χ3n) is 17.2. The zero-order chi connectivity index (χ0) is 58.1. The highest BCUT2D eigenvalue weighted by atomic mass is 19.1. The molecule has 1 unspecified atom stereocenters. The van der Waals surface area contributed by atoms with Gasteiger partial charge in [0.05, 0.1) is 58.7 Å². The Morgan fingerprint density at radius 3 is 2.17 bits per heavy atom. The number of amides is 1. The van der Waals surface area contributed by atoms with Crippen LogP contribution in [0.15, 0.2) is 64.6 Å². The minimum Gasteiger partial charge on any atom is -0.507 e. The minimum absolute atomic E-state index is 0.0418. The average Bonchev–Trinajstić information content (AvgIpc) is 4.18. The van der Waals surface area contributed by atoms with Gasteiger partial charge in [-0.05, 0) is 69.2 Å². The molecule has 7 aliphatic rings. The number of rotatable bonds is 7. The van der Waals surface area contributed by atoms with Crippen LogP contribution in [0.3, 0.4) is 0 Å². The van der Waals surface area contributed by atoms with Crippen molar-refractivity contribution in [1.29, 1.82) is 0 Å². The number of anilines is 1. The zero-order valence-corrected chi connectivity index (χ0v) is 46.6. The summed E-state index contributed by atoms with van der Waals surface area (Å²) in [5.41, 5.74) is -0.985. The van der Waals surface area contributed by atoms with E-state index in [0.717, 1.165) is 29.7 Å². The van der Waals surface area contributed by atoms with Crippen LogP contribution in [0.4, 0.5) is 10.1 Å². The number of aliphatic hydroxyl groups is 2. The molecule has 1 aromatic carbocycles. The standard InChI is InChI=1S/C59H70FN5O15/c1-27-12-11-13-28(2)56(73)61-44-47(64-18-16-36(25-64)62-19-21-63(22-20-62)46-30(4)45-37(35-14-15-35)24-38(58(75)76)57(74)65(45)26-39(46)60)52(71)41-42(51(44)70)50(69)33(7)54-43(41)55(72)59(9,80-54)78-23-17-40(77-10)29(3)53(79-34(8)66)32(6)49(68)31(5)48(27)67/h11-13,17,23-24,26-27,29,31-32,35-36,40,48-49,53,67-69H,14-16,18-22,25H2,1-10H3,(H,61,73)(H,75,76)/b12-11+,23-17+,28-13-/t27-,29-,31-,32-,36?,40+,48+,49+,53+,59+/m1/s1. The van der Waals surface area contributed by atoms with E-state index in [1.54, 1.807) is 51.7 Å². The molecule has 3 fully saturated rings. The number of phenols is 1. The van der Waals surface area contributed by atoms with Crippen molar-refractivity contribution in [1.82, 2.24) is 19.5 Å². The van der Waals surface area contributed by atoms with Crippen LogP contribution in [0.2, 0.25) is 0 Å². The van der Waals surface area contributed by atoms with E-state index < -0.39 is 129 Å². The molecule has 2 aromatic heterocycles. The smallest absolute Gasteiger partial charge is 0.341 e. The van der Waals surface area contributed by atoms with Crippen molar-refractivity contribution in [2.24, 2.45) is 23.7 Å². The van der Waals surface area contributed by atoms with Crippen LogP contribution in [0, 0.1) is 43.3 Å². The third kappa shape index (κ3) is 10.1. The number of aryl methyl sites for hydroxylation is 1. The highest BCUT2D eigenvalue weighted by molar-refractivity contribution is 6.32. The number of pyridine rings is 2. The monoisotopic (exact) mass is 1110 g/mol. The number of halogens is 1. The van der Waals surface area contributed by atoms with Gasteiger partial charge in [0.15, 0.2) is 5.82 Å². The molecular weight excluding hydrogens is 1040 g/mol. The van der Waals surface area contributed by atoms with Crippen LogP contribution in [0.5, 0.6) is 11.5 Å². The Morgan fingerprint density at radius 2 is 1.54 bits per heavy atom. The summed E-state index contributed by atoms with van der Waals surface area (Å²) in [5, 5.41) is 47.5. The quantitative estimate of drug-likeness (QED) is 0.183. The maximum atomic E-state index is 16.2. The van der Waals surface area contributed by atoms with Gasteiger partial charge in [-0.3, -0.25) is 38.1 Å². The number of nitrogens with zero attached hydrogens (tertiary/aromatic N) is 4. The molecule has 428 valence electrons. The number of benzene rings is 1. The topological polar surface area (TPSA) is 263 Å². The highest BCUT2D eigenvalue weighted by Gasteiger charge is 2.54. The van der Waals surface area contributed by atoms with Crippen molar-refractivity contribution < 1.29 is 72.5 Å². The zero-order valence-electron chi connectivity index (χ0n) is 46.6. The minimum atomic E-state index is -2.16. The number of hydrogen-bond donors (Lipinski definition) is 5. The van der Waals surface area contributed by atoms with E-state index in [-0.39, 0.29) is 53.2 Å². The van der Waals surface area contributed by atoms with Crippen molar-refractivity contribution in [3.8, 4) is 11.5 Å². The number of fused-ring (bicyclic) bond motifs is 15. The largest absolute Gasteiger partial charge is 0.507 e. The summed E-state index contributed by atoms with van der Waals surface area (Å²) in [4.78, 5) is 103. The van der Waals surface area contributed by atoms with Crippen molar-refractivity contribution in [2.75, 3.05) is 51.3 Å². The van der Waals surface area contributed by atoms with E-state index in [4.69, 9.17) is 18.9 Å². The maximum absolute atomic E-state index is 16.2. The Balaban J connectivity index is 1.05. The van der Waals surface area contributed by atoms with Gasteiger partial charge in [-0.2, -0.15) is 0 Å². The average molecular weight is 1110 g/mol. The number of methoxy groups -OCH3 is 1. The fraction of sp³-hybridized carbons (Fsp3) is 0.508. The number of esters is 1. The molecule has 0 radical (unpaired) electrons. The lowest BCUT2D eigenvalue weighted by molar-refractivity contribution is -0.160. The van der Waals surface area contributed by atoms with Crippen LogP contribution in [0.25, 0.3) is 5.52 Å². The number of ketones is 3. The molecule has 7 heterocycles. The number of aromatic hydroxyl groups is 1. The van der Waals surface area contributed by atoms with Crippen molar-refractivity contribution in [3.05, 3.63) is 115 Å². The Morgan fingerprint density at radius 1 is 0.850 bits per heavy atom. The number of Topliss-reactive ketones (excluding diaryl/α,β-unsaturated/α-hetero) is 3. The molecule has 0 spiro atoms. The predicted octanol–water partition coefficient (Wildman–Crippen LogP) is 5.49. The summed E-state index contributed by atoms with van der Waals surface area (Å²) in [6, 6.07) is 1.21. The van der Waals surface area contributed by atoms with Crippen LogP contribution in [0.1, 0.15) is 132 Å². The van der Waals surface area contributed by atoms with Gasteiger partial charge in [-0.1, -0.05) is 45.9 Å². The van der Waals surface area contributed by atoms with Gasteiger partial charge in [0.2, 0.25) is 11.6 Å². The Labute approximate surface area is 462 Å². The lowest BCUT2D eigenvalue weighted by atomic mass is 9.78. The van der Waals surface area contributed by atoms with E-state index >= 15 is 14.0 Å². The molecule has 5 aliphatic heterocycles. The number of likely N-dealkylation sites (tertiary alicyclic amines) is 1. The van der Waals surface area contributed by atoms with E-state index in [0.29, 0.717) is 54.9 Å². The van der Waals surface area contributed by atoms with E-state index in [1.807, 2.05) is 4.90 Å². The van der Waals surface area contributed by atoms with E-state index in [9.17, 15) is 44.4 Å². The molecule has 1 saturated carbocycles. The number of carboxylic acids is 1. The van der Waals surface area contributed by atoms with Crippen LogP contribution >= 0.6 is 0 Å². The Kier molecular flexibility index (Phi) is 15.8. The number of carbonyl (C=O) groups is 6. The van der Waals surface area contributed by atoms with Gasteiger partial charge in [0, 0.05) is 101 Å². The number of ether oxygens (including phenoxy) is 4. The second-order valence-electron chi connectivity index (χ2n) is 22.5. The molecule has 1 amide bonds. The Bertz CT molecular complexity index is 3300. The first-order chi connectivity index (χ1) is 37.8. The molecule has 5 N–H and O–H groups in total. The number of piperazine rings is 1. The number of carbonyl (C=O) groups excluding carboxylic acids is 5. The molecule has 80 heavy (non-hydrogen) atoms. The molecule has 2 saturated heterocycles. The first-order valence-electron chi connectivity index (χ1n) is 27.2. The van der Waals surface area contributed by atoms with Crippen molar-refractivity contribution in [3.63, 3.8) is 0 Å². The second kappa shape index (κ2) is 22.0. The molecule has 10 rings (SSSR count). The van der Waals surface area contributed by atoms with Gasteiger partial charge in [-0.25, -0.2) is 9.18 Å². The molecule has 3 aromatic rings. The first-order valence-corrected chi connectivity index (χ1v) is 27.2. The number of carboxylic acid groups (broad SMARTS) is 1. The normalized spacial score (nSPS) is 30.5. The first kappa shape index (κ1) is 57.5. The fourth-order valence-electron chi connectivity index (χ4n) is 12.4. The summed E-state index contributed by atoms with van der Waals surface area (Å²) in [6.07, 6.45) is 6.39. The number of hydrogen-bond acceptors (Lipinski definition) is 17. The number of aliphatic hydroxyl groups excluding tert-OH is 2. The van der Waals surface area contributed by atoms with Gasteiger partial charge in [0.25, 0.3) is 17.2 Å². The SMILES string of the molecule is CO[C@H]1/C=C/O[C@@]2(C)Oc3c(C)c(O)c4c(c3C2=O)C(=O)C(N2CCC(N3CCN(c5c(F)cn6c(=O)c(C(=O)O)cc(C7CC7)c6c5C)CC3)C2)=C(NC(=O)/C(C)=C\C=C\[C@@H](C)[C@H](O)[C@@H](C)[C@H](O)[C@@H](C)[C@@H](OC(C)=O)[C@@H]1C)C4=O. The maximum Gasteiger partial charge on any atom is 0.341 e. The molecule has 5 bridgehead atoms. The van der Waals surface area contributed by atoms with Gasteiger partial charge in [0.1, 0.15) is 34.6 Å². The Hall–Kier alpha value is -7.20. The summed E-state index contributed by atoms with van der Waals surface area (Å²) < 4.78 is 41.2. The fourth-order valence-corrected chi connectivity index (χ4v) is 12.4. The molecule has 2 aliphatic carbocycles. The molecule has 21 heteroatoms. The summed E-state index contributed by atoms with van der Waals surface area (Å²) in [7, 11) is 1.41. The van der Waals surface area contributed by atoms with Crippen molar-refractivity contribution in [2.45, 2.75) is 124 Å². The molecule has 10 atom stereocenters. The summed E-state index contributed by atoms with van der Waals surface area (Å²) in [5.74, 6) is -11.7. The van der Waals surface area contributed by atoms with Crippen LogP contribution in [-0.4, -0.2) is 152 Å². The van der Waals surface area contributed by atoms with Gasteiger partial charge < -0.3 is 54.5 Å². The number of nitrogens with one attached hydrogen (secondary N) is 1. The number of aromatic carboxylic acids is 1. The van der Waals surface area contributed by atoms with Gasteiger partial charge in [-0.15, -0.1) is 0 Å². The molecular formula is C59H70FN5O15. The van der Waals surface area contributed by atoms with E-state index in [1.165, 1.54) is 53.0 Å². The predicted molar refractivity (Wildman–Crippen MR) is 289 cm³/mol. The van der Waals surface area contributed by atoms with Crippen LogP contribution in [-0.2, 0) is 23.8 Å². The summed E-state index contributed by atoms with van der Waals surface area (Å²) in [6.45, 7) is 16.1. The third-order valence-corrected chi connectivity index (χ3v) is 17.2. The lowest BCUT2D eigenvalue weighted by Gasteiger charge is -2.40.